The molecular formula is C18H11N3O2. The minimum Gasteiger partial charge on any atom is -0.421 e. The van der Waals surface area contributed by atoms with Gasteiger partial charge in [-0.05, 0) is 36.8 Å². The van der Waals surface area contributed by atoms with Crippen LogP contribution in [0, 0.1) is 18.3 Å². The van der Waals surface area contributed by atoms with Crippen LogP contribution in [0.15, 0.2) is 52.1 Å². The standard InChI is InChI=1S/C18H11N3O2/c1-10-6-11(9-20-8-10)16-13-2-3-15-12(4-5-21-15)17(13)23-18(22)14(16)7-19/h2-6,8-9,21H,1H3. The van der Waals surface area contributed by atoms with Gasteiger partial charge in [0.25, 0.3) is 0 Å². The van der Waals surface area contributed by atoms with Gasteiger partial charge in [-0.1, -0.05) is 0 Å². The van der Waals surface area contributed by atoms with Crippen molar-refractivity contribution in [3.8, 4) is 17.2 Å². The van der Waals surface area contributed by atoms with Crippen molar-refractivity contribution in [3.05, 3.63) is 64.4 Å². The van der Waals surface area contributed by atoms with E-state index in [0.29, 0.717) is 11.1 Å². The van der Waals surface area contributed by atoms with Gasteiger partial charge >= 0.3 is 5.63 Å². The zero-order valence-electron chi connectivity index (χ0n) is 12.3. The van der Waals surface area contributed by atoms with Crippen LogP contribution >= 0.6 is 0 Å². The van der Waals surface area contributed by atoms with Crippen molar-refractivity contribution in [2.45, 2.75) is 6.92 Å². The number of H-pyrrole nitrogens is 1. The molecule has 5 nitrogen and oxygen atoms in total. The van der Waals surface area contributed by atoms with Crippen LogP contribution in [0.25, 0.3) is 33.0 Å². The Hall–Kier alpha value is -3.39. The summed E-state index contributed by atoms with van der Waals surface area (Å²) in [6.45, 7) is 1.92. The van der Waals surface area contributed by atoms with E-state index in [4.69, 9.17) is 4.42 Å². The first kappa shape index (κ1) is 13.3. The molecule has 0 saturated carbocycles. The number of aromatic amines is 1. The molecule has 110 valence electrons. The van der Waals surface area contributed by atoms with E-state index in [1.54, 1.807) is 18.6 Å². The van der Waals surface area contributed by atoms with Crippen molar-refractivity contribution in [3.63, 3.8) is 0 Å². The summed E-state index contributed by atoms with van der Waals surface area (Å²) >= 11 is 0. The molecule has 0 atom stereocenters. The van der Waals surface area contributed by atoms with Crippen molar-refractivity contribution in [2.24, 2.45) is 0 Å². The first-order chi connectivity index (χ1) is 11.2. The van der Waals surface area contributed by atoms with Gasteiger partial charge in [-0.25, -0.2) is 4.79 Å². The van der Waals surface area contributed by atoms with Crippen molar-refractivity contribution in [1.82, 2.24) is 9.97 Å². The fraction of sp³-hybridized carbons (Fsp3) is 0.0556. The highest BCUT2D eigenvalue weighted by Gasteiger charge is 2.18. The van der Waals surface area contributed by atoms with E-state index in [1.807, 2.05) is 37.3 Å². The number of nitrogens with one attached hydrogen (secondary N) is 1. The van der Waals surface area contributed by atoms with Crippen LogP contribution in [0.1, 0.15) is 11.1 Å². The van der Waals surface area contributed by atoms with Crippen LogP contribution in [0.4, 0.5) is 0 Å². The van der Waals surface area contributed by atoms with Crippen LogP contribution in [-0.4, -0.2) is 9.97 Å². The minimum atomic E-state index is -0.634. The van der Waals surface area contributed by atoms with E-state index in [9.17, 15) is 10.1 Å². The Bertz CT molecular complexity index is 1160. The number of hydrogen-bond donors (Lipinski definition) is 1. The average Bonchev–Trinajstić information content (AvgIpc) is 3.02. The first-order valence-corrected chi connectivity index (χ1v) is 7.08. The Labute approximate surface area is 130 Å². The summed E-state index contributed by atoms with van der Waals surface area (Å²) in [5.74, 6) is 0. The number of nitrogens with zero attached hydrogens (tertiary/aromatic N) is 2. The number of benzene rings is 1. The Morgan fingerprint density at radius 3 is 2.87 bits per heavy atom. The maximum atomic E-state index is 12.3. The highest BCUT2D eigenvalue weighted by Crippen LogP contribution is 2.33. The van der Waals surface area contributed by atoms with E-state index in [0.717, 1.165) is 27.4 Å². The molecule has 0 spiro atoms. The third-order valence-electron chi connectivity index (χ3n) is 3.88. The molecule has 3 aromatic heterocycles. The molecule has 0 aliphatic rings. The zero-order valence-corrected chi connectivity index (χ0v) is 12.3. The Morgan fingerprint density at radius 1 is 1.22 bits per heavy atom. The highest BCUT2D eigenvalue weighted by molar-refractivity contribution is 6.08. The fourth-order valence-corrected chi connectivity index (χ4v) is 2.89. The minimum absolute atomic E-state index is 0.000198. The Kier molecular flexibility index (Phi) is 2.78. The molecule has 3 heterocycles. The maximum Gasteiger partial charge on any atom is 0.354 e. The summed E-state index contributed by atoms with van der Waals surface area (Å²) < 4.78 is 5.43. The molecule has 1 N–H and O–H groups in total. The topological polar surface area (TPSA) is 82.7 Å². The van der Waals surface area contributed by atoms with E-state index in [1.165, 1.54) is 0 Å². The molecular weight excluding hydrogens is 290 g/mol. The summed E-state index contributed by atoms with van der Waals surface area (Å²) in [6, 6.07) is 9.50. The monoisotopic (exact) mass is 301 g/mol. The van der Waals surface area contributed by atoms with Crippen molar-refractivity contribution >= 4 is 21.9 Å². The third kappa shape index (κ3) is 1.93. The number of aromatic nitrogens is 2. The van der Waals surface area contributed by atoms with Crippen LogP contribution in [0.3, 0.4) is 0 Å². The second-order valence-electron chi connectivity index (χ2n) is 5.38. The third-order valence-corrected chi connectivity index (χ3v) is 3.88. The molecule has 0 saturated heterocycles. The lowest BCUT2D eigenvalue weighted by molar-refractivity contribution is 0.562. The smallest absolute Gasteiger partial charge is 0.354 e. The molecule has 0 fully saturated rings. The second kappa shape index (κ2) is 4.82. The number of rotatable bonds is 1. The first-order valence-electron chi connectivity index (χ1n) is 7.08. The van der Waals surface area contributed by atoms with Crippen molar-refractivity contribution in [2.75, 3.05) is 0 Å². The predicted molar refractivity (Wildman–Crippen MR) is 87.0 cm³/mol. The van der Waals surface area contributed by atoms with Crippen LogP contribution in [-0.2, 0) is 0 Å². The van der Waals surface area contributed by atoms with Crippen LogP contribution in [0.2, 0.25) is 0 Å². The molecule has 0 radical (unpaired) electrons. The van der Waals surface area contributed by atoms with Gasteiger partial charge in [-0.2, -0.15) is 5.26 Å². The normalized spacial score (nSPS) is 11.0. The van der Waals surface area contributed by atoms with E-state index in [-0.39, 0.29) is 5.56 Å². The van der Waals surface area contributed by atoms with Gasteiger partial charge in [-0.3, -0.25) is 4.98 Å². The molecule has 1 aromatic carbocycles. The summed E-state index contributed by atoms with van der Waals surface area (Å²) in [5, 5.41) is 11.0. The predicted octanol–water partition coefficient (Wildman–Crippen LogP) is 3.52. The van der Waals surface area contributed by atoms with Gasteiger partial charge in [0.05, 0.1) is 0 Å². The largest absolute Gasteiger partial charge is 0.421 e. The SMILES string of the molecule is Cc1cncc(-c2c(C#N)c(=O)oc3c2ccc2[nH]ccc23)c1. The van der Waals surface area contributed by atoms with Gasteiger partial charge in [0.1, 0.15) is 17.2 Å². The quantitative estimate of drug-likeness (QED) is 0.545. The van der Waals surface area contributed by atoms with Crippen molar-refractivity contribution < 1.29 is 4.42 Å². The van der Waals surface area contributed by atoms with Gasteiger partial charge < -0.3 is 9.40 Å². The van der Waals surface area contributed by atoms with E-state index < -0.39 is 5.63 Å². The second-order valence-corrected chi connectivity index (χ2v) is 5.38. The molecule has 0 aliphatic heterocycles. The van der Waals surface area contributed by atoms with E-state index in [2.05, 4.69) is 9.97 Å². The summed E-state index contributed by atoms with van der Waals surface area (Å²) in [6.07, 6.45) is 5.17. The van der Waals surface area contributed by atoms with Gasteiger partial charge in [0.15, 0.2) is 0 Å². The number of fused-ring (bicyclic) bond motifs is 3. The average molecular weight is 301 g/mol. The molecule has 4 aromatic rings. The van der Waals surface area contributed by atoms with E-state index >= 15 is 0 Å². The van der Waals surface area contributed by atoms with Gasteiger partial charge in [0, 0.05) is 46.0 Å². The fourth-order valence-electron chi connectivity index (χ4n) is 2.89. The van der Waals surface area contributed by atoms with Gasteiger partial charge in [-0.15, -0.1) is 0 Å². The Balaban J connectivity index is 2.24. The molecule has 0 amide bonds. The number of pyridine rings is 1. The number of aryl methyl sites for hydroxylation is 1. The summed E-state index contributed by atoms with van der Waals surface area (Å²) in [7, 11) is 0. The Morgan fingerprint density at radius 2 is 2.09 bits per heavy atom. The zero-order chi connectivity index (χ0) is 16.0. The maximum absolute atomic E-state index is 12.3. The number of hydrogen-bond acceptors (Lipinski definition) is 4. The molecule has 4 rings (SSSR count). The molecule has 23 heavy (non-hydrogen) atoms. The molecule has 5 heteroatoms. The lowest BCUT2D eigenvalue weighted by Crippen LogP contribution is -2.07. The highest BCUT2D eigenvalue weighted by atomic mass is 16.4. The van der Waals surface area contributed by atoms with Crippen molar-refractivity contribution in [1.29, 1.82) is 5.26 Å². The summed E-state index contributed by atoms with van der Waals surface area (Å²) in [5.41, 5.74) is 2.97. The van der Waals surface area contributed by atoms with Crippen LogP contribution < -0.4 is 5.63 Å². The lowest BCUT2D eigenvalue weighted by atomic mass is 9.97. The molecule has 0 unspecified atom stereocenters. The molecule has 0 bridgehead atoms. The lowest BCUT2D eigenvalue weighted by Gasteiger charge is -2.09. The van der Waals surface area contributed by atoms with Gasteiger partial charge in [0.2, 0.25) is 0 Å². The number of nitriles is 1. The summed E-state index contributed by atoms with van der Waals surface area (Å²) in [4.78, 5) is 19.6. The molecule has 0 aliphatic carbocycles. The van der Waals surface area contributed by atoms with Crippen LogP contribution in [0.5, 0.6) is 0 Å².